The van der Waals surface area contributed by atoms with Gasteiger partial charge in [-0.3, -0.25) is 19.4 Å². The molecule has 0 saturated heterocycles. The number of carbonyl (C=O) groups is 3. The molecular formula is C21H24N4O3. The zero-order chi connectivity index (χ0) is 20.5. The molecule has 3 rings (SSSR count). The maximum absolute atomic E-state index is 13.3. The van der Waals surface area contributed by atoms with Crippen LogP contribution in [0.4, 0.5) is 11.4 Å². The molecule has 146 valence electrons. The summed E-state index contributed by atoms with van der Waals surface area (Å²) in [6, 6.07) is 9.90. The topological polar surface area (TPSA) is 114 Å². The summed E-state index contributed by atoms with van der Waals surface area (Å²) >= 11 is 0. The molecule has 1 saturated carbocycles. The van der Waals surface area contributed by atoms with Crippen molar-refractivity contribution >= 4 is 29.0 Å². The summed E-state index contributed by atoms with van der Waals surface area (Å²) in [6.07, 6.45) is 3.11. The summed E-state index contributed by atoms with van der Waals surface area (Å²) in [4.78, 5) is 42.8. The van der Waals surface area contributed by atoms with Gasteiger partial charge in [0.2, 0.25) is 11.8 Å². The van der Waals surface area contributed by atoms with Crippen molar-refractivity contribution in [2.24, 2.45) is 17.3 Å². The van der Waals surface area contributed by atoms with E-state index in [1.165, 1.54) is 0 Å². The van der Waals surface area contributed by atoms with Crippen LogP contribution in [0.5, 0.6) is 0 Å². The highest BCUT2D eigenvalue weighted by atomic mass is 16.2. The van der Waals surface area contributed by atoms with E-state index in [9.17, 15) is 14.4 Å². The van der Waals surface area contributed by atoms with Gasteiger partial charge in [0.25, 0.3) is 0 Å². The first-order valence-corrected chi connectivity index (χ1v) is 9.17. The molecule has 0 aliphatic heterocycles. The van der Waals surface area contributed by atoms with Crippen molar-refractivity contribution in [1.82, 2.24) is 10.3 Å². The van der Waals surface area contributed by atoms with Gasteiger partial charge < -0.3 is 16.4 Å². The Morgan fingerprint density at radius 3 is 2.25 bits per heavy atom. The Morgan fingerprint density at radius 1 is 1.04 bits per heavy atom. The van der Waals surface area contributed by atoms with Crippen molar-refractivity contribution in [3.63, 3.8) is 0 Å². The maximum atomic E-state index is 13.3. The van der Waals surface area contributed by atoms with Gasteiger partial charge in [0.1, 0.15) is 0 Å². The minimum Gasteiger partial charge on any atom is -0.398 e. The van der Waals surface area contributed by atoms with E-state index in [0.29, 0.717) is 16.9 Å². The van der Waals surface area contributed by atoms with E-state index in [-0.39, 0.29) is 23.6 Å². The van der Waals surface area contributed by atoms with Crippen molar-refractivity contribution in [2.45, 2.75) is 26.8 Å². The lowest BCUT2D eigenvalue weighted by Gasteiger charge is -2.13. The summed E-state index contributed by atoms with van der Waals surface area (Å²) in [7, 11) is 0. The van der Waals surface area contributed by atoms with Gasteiger partial charge in [0, 0.05) is 35.4 Å². The van der Waals surface area contributed by atoms with Crippen LogP contribution in [0.3, 0.4) is 0 Å². The number of nitrogens with zero attached hydrogens (tertiary/aromatic N) is 1. The van der Waals surface area contributed by atoms with E-state index in [2.05, 4.69) is 15.6 Å². The molecule has 1 aromatic heterocycles. The number of nitrogens with one attached hydrogen (secondary N) is 2. The molecule has 28 heavy (non-hydrogen) atoms. The average Bonchev–Trinajstić information content (AvgIpc) is 3.29. The van der Waals surface area contributed by atoms with Crippen molar-refractivity contribution < 1.29 is 14.4 Å². The van der Waals surface area contributed by atoms with Crippen molar-refractivity contribution in [1.29, 1.82) is 0 Å². The summed E-state index contributed by atoms with van der Waals surface area (Å²) in [6.45, 7) is 5.32. The number of nitrogen functional groups attached to an aromatic ring is 1. The van der Waals surface area contributed by atoms with Crippen LogP contribution in [-0.2, 0) is 9.59 Å². The number of hydrogen-bond donors (Lipinski definition) is 3. The Kier molecular flexibility index (Phi) is 5.18. The molecule has 1 aliphatic carbocycles. The predicted molar refractivity (Wildman–Crippen MR) is 106 cm³/mol. The number of anilines is 2. The molecule has 1 aliphatic rings. The number of Topliss-reactive ketones (excluding diaryl/α,β-unsaturated/α-hetero) is 1. The Balaban J connectivity index is 1.91. The summed E-state index contributed by atoms with van der Waals surface area (Å²) in [5.41, 5.74) is 6.02. The number of carbonyl (C=O) groups excluding carboxylic acids is 3. The molecule has 0 unspecified atom stereocenters. The van der Waals surface area contributed by atoms with Gasteiger partial charge in [-0.2, -0.15) is 0 Å². The van der Waals surface area contributed by atoms with Crippen molar-refractivity contribution in [2.75, 3.05) is 11.1 Å². The molecule has 0 bridgehead atoms. The number of pyridine rings is 1. The third-order valence-corrected chi connectivity index (χ3v) is 5.15. The van der Waals surface area contributed by atoms with Gasteiger partial charge >= 0.3 is 0 Å². The molecule has 1 heterocycles. The Labute approximate surface area is 163 Å². The van der Waals surface area contributed by atoms with Crippen LogP contribution in [-0.4, -0.2) is 28.6 Å². The Morgan fingerprint density at radius 2 is 1.64 bits per heavy atom. The second kappa shape index (κ2) is 7.42. The van der Waals surface area contributed by atoms with Crippen LogP contribution >= 0.6 is 0 Å². The zero-order valence-corrected chi connectivity index (χ0v) is 16.1. The number of rotatable bonds is 6. The molecule has 7 heteroatoms. The van der Waals surface area contributed by atoms with Crippen LogP contribution in [0.15, 0.2) is 48.8 Å². The van der Waals surface area contributed by atoms with Crippen LogP contribution < -0.4 is 16.4 Å². The lowest BCUT2D eigenvalue weighted by atomic mass is 9.91. The number of hydrogen-bond acceptors (Lipinski definition) is 5. The fourth-order valence-corrected chi connectivity index (χ4v) is 3.67. The molecule has 7 nitrogen and oxygen atoms in total. The summed E-state index contributed by atoms with van der Waals surface area (Å²) in [5.74, 6) is -2.53. The summed E-state index contributed by atoms with van der Waals surface area (Å²) < 4.78 is 0. The van der Waals surface area contributed by atoms with Crippen LogP contribution in [0.2, 0.25) is 0 Å². The van der Waals surface area contributed by atoms with E-state index in [4.69, 9.17) is 5.73 Å². The lowest BCUT2D eigenvalue weighted by molar-refractivity contribution is -0.125. The van der Waals surface area contributed by atoms with Gasteiger partial charge in [-0.05, 0) is 38.1 Å². The SMILES string of the molecule is CC(C)NC(=O)[C@H]1[C@@H](C(=O)Nc2ccncc2)[C@@]1(C)C(=O)c1ccccc1N. The lowest BCUT2D eigenvalue weighted by Crippen LogP contribution is -2.34. The molecule has 1 aromatic carbocycles. The minimum absolute atomic E-state index is 0.0989. The van der Waals surface area contributed by atoms with Gasteiger partial charge in [-0.25, -0.2) is 0 Å². The van der Waals surface area contributed by atoms with E-state index < -0.39 is 17.3 Å². The van der Waals surface area contributed by atoms with Crippen LogP contribution in [0.1, 0.15) is 31.1 Å². The van der Waals surface area contributed by atoms with Crippen LogP contribution in [0, 0.1) is 17.3 Å². The molecule has 3 atom stereocenters. The van der Waals surface area contributed by atoms with Crippen molar-refractivity contribution in [3.8, 4) is 0 Å². The smallest absolute Gasteiger partial charge is 0.229 e. The van der Waals surface area contributed by atoms with E-state index in [0.717, 1.165) is 0 Å². The summed E-state index contributed by atoms with van der Waals surface area (Å²) in [5, 5.41) is 5.59. The third-order valence-electron chi connectivity index (χ3n) is 5.15. The molecule has 2 aromatic rings. The predicted octanol–water partition coefficient (Wildman–Crippen LogP) is 2.26. The quantitative estimate of drug-likeness (QED) is 0.525. The third kappa shape index (κ3) is 3.47. The van der Waals surface area contributed by atoms with E-state index >= 15 is 0 Å². The molecule has 0 spiro atoms. The largest absolute Gasteiger partial charge is 0.398 e. The average molecular weight is 380 g/mol. The van der Waals surface area contributed by atoms with E-state index in [1.54, 1.807) is 55.7 Å². The second-order valence-corrected chi connectivity index (χ2v) is 7.54. The number of ketones is 1. The molecule has 1 fully saturated rings. The number of amides is 2. The first-order chi connectivity index (χ1) is 13.3. The van der Waals surface area contributed by atoms with Crippen molar-refractivity contribution in [3.05, 3.63) is 54.4 Å². The van der Waals surface area contributed by atoms with Gasteiger partial charge in [-0.15, -0.1) is 0 Å². The van der Waals surface area contributed by atoms with Gasteiger partial charge in [-0.1, -0.05) is 19.1 Å². The first kappa shape index (κ1) is 19.5. The Bertz CT molecular complexity index is 913. The molecular weight excluding hydrogens is 356 g/mol. The fraction of sp³-hybridized carbons (Fsp3) is 0.333. The Hall–Kier alpha value is -3.22. The molecule has 4 N–H and O–H groups in total. The van der Waals surface area contributed by atoms with Gasteiger partial charge in [0.15, 0.2) is 5.78 Å². The maximum Gasteiger partial charge on any atom is 0.229 e. The highest BCUT2D eigenvalue weighted by molar-refractivity contribution is 6.15. The standard InChI is InChI=1S/C21H24N4O3/c1-12(2)24-19(27)16-17(20(28)25-13-8-10-23-11-9-13)21(16,3)18(26)14-6-4-5-7-15(14)22/h4-12,16-17H,22H2,1-3H3,(H,24,27)(H,23,25,28)/t16-,17+,21+/m1/s1. The minimum atomic E-state index is -1.16. The monoisotopic (exact) mass is 380 g/mol. The number of benzene rings is 1. The fourth-order valence-electron chi connectivity index (χ4n) is 3.67. The van der Waals surface area contributed by atoms with Gasteiger partial charge in [0.05, 0.1) is 17.3 Å². The first-order valence-electron chi connectivity index (χ1n) is 9.17. The number of nitrogens with two attached hydrogens (primary N) is 1. The van der Waals surface area contributed by atoms with Crippen LogP contribution in [0.25, 0.3) is 0 Å². The number of para-hydroxylation sites is 1. The number of aromatic nitrogens is 1. The van der Waals surface area contributed by atoms with E-state index in [1.807, 2.05) is 13.8 Å². The molecule has 0 radical (unpaired) electrons. The highest BCUT2D eigenvalue weighted by Gasteiger charge is 2.72. The molecule has 2 amide bonds. The zero-order valence-electron chi connectivity index (χ0n) is 16.1. The second-order valence-electron chi connectivity index (χ2n) is 7.54. The normalized spacial score (nSPS) is 23.1. The highest BCUT2D eigenvalue weighted by Crippen LogP contribution is 2.61.